The normalized spacial score (nSPS) is 21.4. The van der Waals surface area contributed by atoms with Crippen LogP contribution in [0.2, 0.25) is 0 Å². The molecule has 0 aromatic carbocycles. The van der Waals surface area contributed by atoms with E-state index in [4.69, 9.17) is 0 Å². The van der Waals surface area contributed by atoms with Crippen molar-refractivity contribution in [2.45, 2.75) is 18.8 Å². The van der Waals surface area contributed by atoms with Crippen LogP contribution >= 0.6 is 11.3 Å². The van der Waals surface area contributed by atoms with Gasteiger partial charge in [0.05, 0.1) is 5.01 Å². The smallest absolute Gasteiger partial charge is 0.0956 e. The second kappa shape index (κ2) is 3.54. The lowest BCUT2D eigenvalue weighted by atomic mass is 9.98. The second-order valence-corrected chi connectivity index (χ2v) is 4.37. The molecule has 1 fully saturated rings. The average Bonchev–Trinajstić information content (AvgIpc) is 2.58. The Bertz CT molecular complexity index is 225. The van der Waals surface area contributed by atoms with Crippen LogP contribution in [0.1, 0.15) is 23.8 Å². The molecule has 0 amide bonds. The van der Waals surface area contributed by atoms with E-state index in [0.717, 1.165) is 5.92 Å². The first-order valence-corrected chi connectivity index (χ1v) is 5.32. The molecule has 0 N–H and O–H groups in total. The Kier molecular flexibility index (Phi) is 2.42. The van der Waals surface area contributed by atoms with Gasteiger partial charge in [-0.1, -0.05) is 0 Å². The van der Waals surface area contributed by atoms with Crippen molar-refractivity contribution in [3.63, 3.8) is 0 Å². The van der Waals surface area contributed by atoms with Crippen molar-refractivity contribution in [3.8, 4) is 0 Å². The highest BCUT2D eigenvalue weighted by molar-refractivity contribution is 7.09. The lowest BCUT2D eigenvalue weighted by molar-refractivity contribution is 0.255. The molecule has 1 aliphatic rings. The molecular weight excluding hydrogens is 168 g/mol. The molecular formula is C9H14N2S. The number of rotatable bonds is 1. The number of hydrogen-bond donors (Lipinski definition) is 0. The van der Waals surface area contributed by atoms with Gasteiger partial charge < -0.3 is 4.90 Å². The summed E-state index contributed by atoms with van der Waals surface area (Å²) in [6.45, 7) is 2.45. The van der Waals surface area contributed by atoms with E-state index in [-0.39, 0.29) is 0 Å². The number of hydrogen-bond acceptors (Lipinski definition) is 3. The fourth-order valence-electron chi connectivity index (χ4n) is 1.69. The molecule has 0 spiro atoms. The molecule has 1 saturated heterocycles. The predicted octanol–water partition coefficient (Wildman–Crippen LogP) is 1.95. The first kappa shape index (κ1) is 8.20. The minimum atomic E-state index is 0.737. The van der Waals surface area contributed by atoms with Crippen molar-refractivity contribution in [3.05, 3.63) is 16.6 Å². The van der Waals surface area contributed by atoms with Gasteiger partial charge in [0, 0.05) is 17.5 Å². The number of thiazole rings is 1. The van der Waals surface area contributed by atoms with Crippen LogP contribution in [0.3, 0.4) is 0 Å². The molecule has 0 atom stereocenters. The van der Waals surface area contributed by atoms with Gasteiger partial charge in [-0.05, 0) is 33.0 Å². The Morgan fingerprint density at radius 3 is 2.83 bits per heavy atom. The van der Waals surface area contributed by atoms with E-state index in [1.807, 2.05) is 6.20 Å². The maximum atomic E-state index is 4.36. The van der Waals surface area contributed by atoms with Gasteiger partial charge in [0.1, 0.15) is 0 Å². The Morgan fingerprint density at radius 2 is 2.25 bits per heavy atom. The maximum Gasteiger partial charge on any atom is 0.0956 e. The van der Waals surface area contributed by atoms with Crippen molar-refractivity contribution in [2.75, 3.05) is 20.1 Å². The van der Waals surface area contributed by atoms with Crippen molar-refractivity contribution < 1.29 is 0 Å². The molecule has 0 bridgehead atoms. The molecule has 0 aliphatic carbocycles. The van der Waals surface area contributed by atoms with Gasteiger partial charge in [0.15, 0.2) is 0 Å². The standard InChI is InChI=1S/C9H14N2S/c1-11-5-2-8(3-6-11)9-10-4-7-12-9/h4,7-8H,2-3,5-6H2,1H3. The number of aromatic nitrogens is 1. The van der Waals surface area contributed by atoms with Crippen LogP contribution in [0, 0.1) is 0 Å². The molecule has 0 radical (unpaired) electrons. The minimum Gasteiger partial charge on any atom is -0.306 e. The third-order valence-corrected chi connectivity index (χ3v) is 3.46. The fourth-order valence-corrected chi connectivity index (χ4v) is 2.50. The molecule has 0 saturated carbocycles. The molecule has 1 aromatic heterocycles. The summed E-state index contributed by atoms with van der Waals surface area (Å²) in [5, 5.41) is 3.41. The van der Waals surface area contributed by atoms with E-state index >= 15 is 0 Å². The topological polar surface area (TPSA) is 16.1 Å². The van der Waals surface area contributed by atoms with Gasteiger partial charge in [-0.25, -0.2) is 4.98 Å². The van der Waals surface area contributed by atoms with Crippen LogP contribution < -0.4 is 0 Å². The summed E-state index contributed by atoms with van der Waals surface area (Å²) in [5.41, 5.74) is 0. The zero-order valence-electron chi connectivity index (χ0n) is 7.36. The number of nitrogens with zero attached hydrogens (tertiary/aromatic N) is 2. The van der Waals surface area contributed by atoms with E-state index in [2.05, 4.69) is 22.3 Å². The molecule has 66 valence electrons. The number of piperidine rings is 1. The summed E-state index contributed by atoms with van der Waals surface area (Å²) < 4.78 is 0. The Balaban J connectivity index is 1.99. The lowest BCUT2D eigenvalue weighted by Gasteiger charge is -2.27. The molecule has 1 aromatic rings. The zero-order chi connectivity index (χ0) is 8.39. The van der Waals surface area contributed by atoms with E-state index in [1.54, 1.807) is 11.3 Å². The van der Waals surface area contributed by atoms with Gasteiger partial charge in [-0.2, -0.15) is 0 Å². The van der Waals surface area contributed by atoms with E-state index in [1.165, 1.54) is 30.9 Å². The lowest BCUT2D eigenvalue weighted by Crippen LogP contribution is -2.29. The van der Waals surface area contributed by atoms with Gasteiger partial charge >= 0.3 is 0 Å². The highest BCUT2D eigenvalue weighted by atomic mass is 32.1. The number of likely N-dealkylation sites (tertiary alicyclic amines) is 1. The first-order valence-electron chi connectivity index (χ1n) is 4.44. The molecule has 1 aliphatic heterocycles. The van der Waals surface area contributed by atoms with Crippen LogP contribution in [-0.4, -0.2) is 30.0 Å². The van der Waals surface area contributed by atoms with Crippen LogP contribution in [0.25, 0.3) is 0 Å². The first-order chi connectivity index (χ1) is 5.86. The van der Waals surface area contributed by atoms with Crippen molar-refractivity contribution in [2.24, 2.45) is 0 Å². The van der Waals surface area contributed by atoms with E-state index < -0.39 is 0 Å². The Labute approximate surface area is 77.2 Å². The molecule has 12 heavy (non-hydrogen) atoms. The largest absolute Gasteiger partial charge is 0.306 e. The third kappa shape index (κ3) is 1.67. The quantitative estimate of drug-likeness (QED) is 0.660. The predicted molar refractivity (Wildman–Crippen MR) is 51.6 cm³/mol. The summed E-state index contributed by atoms with van der Waals surface area (Å²) in [6, 6.07) is 0. The van der Waals surface area contributed by atoms with Crippen molar-refractivity contribution in [1.29, 1.82) is 0 Å². The highest BCUT2D eigenvalue weighted by Crippen LogP contribution is 2.28. The molecule has 0 unspecified atom stereocenters. The van der Waals surface area contributed by atoms with E-state index in [0.29, 0.717) is 0 Å². The van der Waals surface area contributed by atoms with Crippen LogP contribution in [0.4, 0.5) is 0 Å². The molecule has 2 heterocycles. The van der Waals surface area contributed by atoms with Gasteiger partial charge in [-0.15, -0.1) is 11.3 Å². The van der Waals surface area contributed by atoms with Gasteiger partial charge in [0.2, 0.25) is 0 Å². The molecule has 2 nitrogen and oxygen atoms in total. The Morgan fingerprint density at radius 1 is 1.50 bits per heavy atom. The molecule has 2 rings (SSSR count). The fraction of sp³-hybridized carbons (Fsp3) is 0.667. The average molecular weight is 182 g/mol. The highest BCUT2D eigenvalue weighted by Gasteiger charge is 2.19. The van der Waals surface area contributed by atoms with Crippen LogP contribution in [0.5, 0.6) is 0 Å². The summed E-state index contributed by atoms with van der Waals surface area (Å²) in [6.07, 6.45) is 4.48. The molecule has 3 heteroatoms. The van der Waals surface area contributed by atoms with Gasteiger partial charge in [-0.3, -0.25) is 0 Å². The monoisotopic (exact) mass is 182 g/mol. The van der Waals surface area contributed by atoms with Gasteiger partial charge in [0.25, 0.3) is 0 Å². The Hall–Kier alpha value is -0.410. The van der Waals surface area contributed by atoms with Crippen LogP contribution in [-0.2, 0) is 0 Å². The summed E-state index contributed by atoms with van der Waals surface area (Å²) in [7, 11) is 2.19. The van der Waals surface area contributed by atoms with Crippen LogP contribution in [0.15, 0.2) is 11.6 Å². The minimum absolute atomic E-state index is 0.737. The maximum absolute atomic E-state index is 4.36. The van der Waals surface area contributed by atoms with Crippen molar-refractivity contribution in [1.82, 2.24) is 9.88 Å². The van der Waals surface area contributed by atoms with Crippen molar-refractivity contribution >= 4 is 11.3 Å². The third-order valence-electron chi connectivity index (χ3n) is 2.52. The summed E-state index contributed by atoms with van der Waals surface area (Å²) in [4.78, 5) is 6.76. The zero-order valence-corrected chi connectivity index (χ0v) is 8.18. The SMILES string of the molecule is CN1CCC(c2nccs2)CC1. The second-order valence-electron chi connectivity index (χ2n) is 3.45. The van der Waals surface area contributed by atoms with E-state index in [9.17, 15) is 0 Å². The summed E-state index contributed by atoms with van der Waals surface area (Å²) in [5.74, 6) is 0.737. The summed E-state index contributed by atoms with van der Waals surface area (Å²) >= 11 is 1.80.